The highest BCUT2D eigenvalue weighted by Gasteiger charge is 2.16. The van der Waals surface area contributed by atoms with E-state index in [1.54, 1.807) is 19.1 Å². The van der Waals surface area contributed by atoms with Gasteiger partial charge < -0.3 is 4.57 Å². The van der Waals surface area contributed by atoms with Crippen molar-refractivity contribution in [3.05, 3.63) is 72.6 Å². The van der Waals surface area contributed by atoms with E-state index < -0.39 is 10.5 Å². The standard InChI is InChI=1S/C14H10ClN3O3/c1-9-2-3-10(7-16)14(19)17(9)8-11-4-5-12(15)6-13(11)18(20)21/h2-6H,8H2,1H3. The Labute approximate surface area is 125 Å². The van der Waals surface area contributed by atoms with Gasteiger partial charge in [0.25, 0.3) is 11.2 Å². The Hall–Kier alpha value is -2.65. The van der Waals surface area contributed by atoms with E-state index in [2.05, 4.69) is 0 Å². The van der Waals surface area contributed by atoms with Crippen LogP contribution in [0.3, 0.4) is 0 Å². The first-order valence-electron chi connectivity index (χ1n) is 5.97. The van der Waals surface area contributed by atoms with Crippen LogP contribution in [0.25, 0.3) is 0 Å². The third-order valence-electron chi connectivity index (χ3n) is 3.09. The van der Waals surface area contributed by atoms with Gasteiger partial charge >= 0.3 is 0 Å². The monoisotopic (exact) mass is 303 g/mol. The maximum Gasteiger partial charge on any atom is 0.275 e. The van der Waals surface area contributed by atoms with Gasteiger partial charge in [0.2, 0.25) is 0 Å². The van der Waals surface area contributed by atoms with E-state index in [9.17, 15) is 14.9 Å². The second kappa shape index (κ2) is 5.77. The van der Waals surface area contributed by atoms with E-state index in [1.807, 2.05) is 0 Å². The normalized spacial score (nSPS) is 10.1. The molecule has 0 aliphatic carbocycles. The molecule has 7 heteroatoms. The summed E-state index contributed by atoms with van der Waals surface area (Å²) in [5.74, 6) is 0. The first-order valence-corrected chi connectivity index (χ1v) is 6.35. The van der Waals surface area contributed by atoms with Gasteiger partial charge in [0.1, 0.15) is 11.6 Å². The van der Waals surface area contributed by atoms with E-state index in [1.165, 1.54) is 28.8 Å². The van der Waals surface area contributed by atoms with Gasteiger partial charge in [-0.2, -0.15) is 5.26 Å². The number of aryl methyl sites for hydroxylation is 1. The predicted molar refractivity (Wildman–Crippen MR) is 77.4 cm³/mol. The number of hydrogen-bond donors (Lipinski definition) is 0. The molecule has 0 fully saturated rings. The lowest BCUT2D eigenvalue weighted by atomic mass is 10.1. The number of nitriles is 1. The maximum atomic E-state index is 12.1. The van der Waals surface area contributed by atoms with Crippen LogP contribution in [0.5, 0.6) is 0 Å². The highest BCUT2D eigenvalue weighted by molar-refractivity contribution is 6.30. The lowest BCUT2D eigenvalue weighted by molar-refractivity contribution is -0.385. The fourth-order valence-corrected chi connectivity index (χ4v) is 2.13. The largest absolute Gasteiger partial charge is 0.307 e. The molecule has 0 radical (unpaired) electrons. The molecule has 1 heterocycles. The fourth-order valence-electron chi connectivity index (χ4n) is 1.96. The third kappa shape index (κ3) is 2.93. The Morgan fingerprint density at radius 1 is 1.38 bits per heavy atom. The Balaban J connectivity index is 2.57. The van der Waals surface area contributed by atoms with Crippen LogP contribution < -0.4 is 5.56 Å². The summed E-state index contributed by atoms with van der Waals surface area (Å²) in [5, 5.41) is 20.2. The first kappa shape index (κ1) is 14.8. The van der Waals surface area contributed by atoms with Gasteiger partial charge in [-0.25, -0.2) is 0 Å². The van der Waals surface area contributed by atoms with Crippen LogP contribution in [0.1, 0.15) is 16.8 Å². The summed E-state index contributed by atoms with van der Waals surface area (Å²) in [4.78, 5) is 22.6. The molecule has 0 aliphatic heterocycles. The van der Waals surface area contributed by atoms with Crippen molar-refractivity contribution in [1.82, 2.24) is 4.57 Å². The molecule has 0 aliphatic rings. The maximum absolute atomic E-state index is 12.1. The van der Waals surface area contributed by atoms with E-state index in [4.69, 9.17) is 16.9 Å². The predicted octanol–water partition coefficient (Wildman–Crippen LogP) is 2.64. The Morgan fingerprint density at radius 3 is 2.71 bits per heavy atom. The van der Waals surface area contributed by atoms with Gasteiger partial charge in [-0.3, -0.25) is 14.9 Å². The number of halogens is 1. The fraction of sp³-hybridized carbons (Fsp3) is 0.143. The number of rotatable bonds is 3. The molecule has 2 aromatic rings. The molecule has 1 aromatic carbocycles. The zero-order valence-corrected chi connectivity index (χ0v) is 11.8. The quantitative estimate of drug-likeness (QED) is 0.644. The molecule has 6 nitrogen and oxygen atoms in total. The molecule has 2 rings (SSSR count). The van der Waals surface area contributed by atoms with Crippen molar-refractivity contribution in [3.8, 4) is 6.07 Å². The number of pyridine rings is 1. The summed E-state index contributed by atoms with van der Waals surface area (Å²) in [6, 6.07) is 9.14. The van der Waals surface area contributed by atoms with E-state index in [0.29, 0.717) is 11.3 Å². The summed E-state index contributed by atoms with van der Waals surface area (Å²) in [7, 11) is 0. The van der Waals surface area contributed by atoms with Crippen LogP contribution in [0.4, 0.5) is 5.69 Å². The Morgan fingerprint density at radius 2 is 2.10 bits per heavy atom. The van der Waals surface area contributed by atoms with Crippen molar-refractivity contribution in [2.75, 3.05) is 0 Å². The van der Waals surface area contributed by atoms with E-state index >= 15 is 0 Å². The van der Waals surface area contributed by atoms with Crippen molar-refractivity contribution in [1.29, 1.82) is 5.26 Å². The van der Waals surface area contributed by atoms with Crippen LogP contribution in [0.2, 0.25) is 5.02 Å². The van der Waals surface area contributed by atoms with Gasteiger partial charge in [-0.1, -0.05) is 11.6 Å². The summed E-state index contributed by atoms with van der Waals surface area (Å²) in [6.07, 6.45) is 0. The van der Waals surface area contributed by atoms with Crippen LogP contribution in [0.15, 0.2) is 35.1 Å². The number of aromatic nitrogens is 1. The summed E-state index contributed by atoms with van der Waals surface area (Å²) in [5.41, 5.74) is 0.336. The van der Waals surface area contributed by atoms with Gasteiger partial charge in [0.15, 0.2) is 0 Å². The highest BCUT2D eigenvalue weighted by Crippen LogP contribution is 2.24. The van der Waals surface area contributed by atoms with E-state index in [-0.39, 0.29) is 22.8 Å². The molecule has 0 unspecified atom stereocenters. The molecule has 0 N–H and O–H groups in total. The third-order valence-corrected chi connectivity index (χ3v) is 3.32. The summed E-state index contributed by atoms with van der Waals surface area (Å²) in [6.45, 7) is 1.71. The molecule has 21 heavy (non-hydrogen) atoms. The summed E-state index contributed by atoms with van der Waals surface area (Å²) < 4.78 is 1.33. The number of nitro groups is 1. The van der Waals surface area contributed by atoms with Gasteiger partial charge in [0, 0.05) is 22.3 Å². The average molecular weight is 304 g/mol. The average Bonchev–Trinajstić information content (AvgIpc) is 2.44. The number of hydrogen-bond acceptors (Lipinski definition) is 4. The molecule has 0 bridgehead atoms. The molecular weight excluding hydrogens is 294 g/mol. The van der Waals surface area contributed by atoms with Crippen molar-refractivity contribution in [2.24, 2.45) is 0 Å². The highest BCUT2D eigenvalue weighted by atomic mass is 35.5. The molecule has 1 aromatic heterocycles. The first-order chi connectivity index (χ1) is 9.93. The molecule has 0 amide bonds. The Kier molecular flexibility index (Phi) is 4.05. The molecule has 0 saturated heterocycles. The number of nitrogens with zero attached hydrogens (tertiary/aromatic N) is 3. The minimum Gasteiger partial charge on any atom is -0.307 e. The van der Waals surface area contributed by atoms with Crippen molar-refractivity contribution in [3.63, 3.8) is 0 Å². The van der Waals surface area contributed by atoms with Crippen molar-refractivity contribution < 1.29 is 4.92 Å². The van der Waals surface area contributed by atoms with Crippen LogP contribution >= 0.6 is 11.6 Å². The smallest absolute Gasteiger partial charge is 0.275 e. The van der Waals surface area contributed by atoms with Crippen LogP contribution in [0, 0.1) is 28.4 Å². The van der Waals surface area contributed by atoms with E-state index in [0.717, 1.165) is 0 Å². The Bertz CT molecular complexity index is 821. The van der Waals surface area contributed by atoms with Crippen molar-refractivity contribution >= 4 is 17.3 Å². The topological polar surface area (TPSA) is 88.9 Å². The van der Waals surface area contributed by atoms with Gasteiger partial charge in [-0.15, -0.1) is 0 Å². The second-order valence-electron chi connectivity index (χ2n) is 4.42. The number of benzene rings is 1. The molecule has 0 atom stereocenters. The summed E-state index contributed by atoms with van der Waals surface area (Å²) >= 11 is 5.76. The molecule has 106 valence electrons. The lowest BCUT2D eigenvalue weighted by Crippen LogP contribution is -2.25. The van der Waals surface area contributed by atoms with Gasteiger partial charge in [0.05, 0.1) is 11.5 Å². The zero-order valence-electron chi connectivity index (χ0n) is 11.0. The minimum absolute atomic E-state index is 0.00258. The lowest BCUT2D eigenvalue weighted by Gasteiger charge is -2.10. The molecule has 0 saturated carbocycles. The zero-order chi connectivity index (χ0) is 15.6. The number of nitro benzene ring substituents is 1. The minimum atomic E-state index is -0.546. The van der Waals surface area contributed by atoms with Crippen molar-refractivity contribution in [2.45, 2.75) is 13.5 Å². The molecular formula is C14H10ClN3O3. The second-order valence-corrected chi connectivity index (χ2v) is 4.86. The molecule has 0 spiro atoms. The van der Waals surface area contributed by atoms with Gasteiger partial charge in [-0.05, 0) is 31.2 Å². The SMILES string of the molecule is Cc1ccc(C#N)c(=O)n1Cc1ccc(Cl)cc1[N+](=O)[O-]. The van der Waals surface area contributed by atoms with Crippen LogP contribution in [-0.2, 0) is 6.54 Å². The van der Waals surface area contributed by atoms with Crippen LogP contribution in [-0.4, -0.2) is 9.49 Å².